The smallest absolute Gasteiger partial charge is 0.249 e. The van der Waals surface area contributed by atoms with Gasteiger partial charge in [0.25, 0.3) is 0 Å². The second kappa shape index (κ2) is 10.3. The first-order chi connectivity index (χ1) is 18.9. The number of amides is 1. The molecule has 10 heteroatoms. The van der Waals surface area contributed by atoms with Crippen molar-refractivity contribution < 1.29 is 13.6 Å². The number of nitrogens with zero attached hydrogens (tertiary/aromatic N) is 5. The molecule has 0 saturated carbocycles. The number of likely N-dealkylation sites (N-methyl/N-ethyl adjacent to an activating group) is 1. The average Bonchev–Trinajstić information content (AvgIpc) is 3.58. The van der Waals surface area contributed by atoms with E-state index < -0.39 is 17.5 Å². The van der Waals surface area contributed by atoms with Crippen LogP contribution in [0.4, 0.5) is 14.5 Å². The number of H-pyrrole nitrogens is 1. The van der Waals surface area contributed by atoms with Crippen molar-refractivity contribution in [3.63, 3.8) is 0 Å². The maximum atomic E-state index is 15.3. The largest absolute Gasteiger partial charge is 0.369 e. The third-order valence-electron chi connectivity index (χ3n) is 7.80. The van der Waals surface area contributed by atoms with Gasteiger partial charge in [-0.2, -0.15) is 5.10 Å². The van der Waals surface area contributed by atoms with Crippen molar-refractivity contribution in [2.24, 2.45) is 5.73 Å². The second-order valence-electron chi connectivity index (χ2n) is 10.5. The lowest BCUT2D eigenvalue weighted by molar-refractivity contribution is 0.100. The number of hydrogen-bond acceptors (Lipinski definition) is 6. The summed E-state index contributed by atoms with van der Waals surface area (Å²) in [7, 11) is 2.09. The average molecular weight is 532 g/mol. The highest BCUT2D eigenvalue weighted by atomic mass is 19.1. The van der Waals surface area contributed by atoms with Crippen LogP contribution in [0.2, 0.25) is 0 Å². The fourth-order valence-electron chi connectivity index (χ4n) is 5.62. The predicted molar refractivity (Wildman–Crippen MR) is 147 cm³/mol. The van der Waals surface area contributed by atoms with E-state index >= 15 is 8.78 Å². The summed E-state index contributed by atoms with van der Waals surface area (Å²) in [5, 5.41) is 8.00. The maximum absolute atomic E-state index is 15.3. The van der Waals surface area contributed by atoms with E-state index in [9.17, 15) is 4.79 Å². The van der Waals surface area contributed by atoms with Crippen LogP contribution in [0.1, 0.15) is 28.8 Å². The number of anilines is 1. The van der Waals surface area contributed by atoms with E-state index in [1.807, 2.05) is 12.1 Å². The zero-order valence-electron chi connectivity index (χ0n) is 21.9. The number of hydrogen-bond donors (Lipinski definition) is 2. The molecule has 0 atom stereocenters. The van der Waals surface area contributed by atoms with Gasteiger partial charge in [0.15, 0.2) is 0 Å². The first kappa shape index (κ1) is 25.4. The molecule has 8 nitrogen and oxygen atoms in total. The van der Waals surface area contributed by atoms with Crippen molar-refractivity contribution in [2.75, 3.05) is 51.2 Å². The summed E-state index contributed by atoms with van der Waals surface area (Å²) in [6, 6.07) is 9.92. The molecule has 1 amide bonds. The van der Waals surface area contributed by atoms with E-state index in [1.54, 1.807) is 12.1 Å². The molecule has 0 unspecified atom stereocenters. The van der Waals surface area contributed by atoms with Crippen molar-refractivity contribution in [3.8, 4) is 22.5 Å². The van der Waals surface area contributed by atoms with Crippen LogP contribution in [0.5, 0.6) is 0 Å². The van der Waals surface area contributed by atoms with Gasteiger partial charge in [-0.25, -0.2) is 8.78 Å². The molecule has 4 heterocycles. The Bertz CT molecular complexity index is 1520. The van der Waals surface area contributed by atoms with Crippen LogP contribution in [0.25, 0.3) is 33.4 Å². The van der Waals surface area contributed by atoms with Gasteiger partial charge < -0.3 is 15.5 Å². The zero-order chi connectivity index (χ0) is 27.1. The lowest BCUT2D eigenvalue weighted by atomic mass is 9.99. The summed E-state index contributed by atoms with van der Waals surface area (Å²) in [5.41, 5.74) is 9.21. The highest BCUT2D eigenvalue weighted by molar-refractivity contribution is 6.05. The van der Waals surface area contributed by atoms with E-state index in [-0.39, 0.29) is 11.3 Å². The highest BCUT2D eigenvalue weighted by Gasteiger charge is 2.22. The van der Waals surface area contributed by atoms with E-state index in [1.165, 1.54) is 18.3 Å². The van der Waals surface area contributed by atoms with Crippen molar-refractivity contribution in [1.82, 2.24) is 25.0 Å². The molecule has 3 N–H and O–H groups in total. The van der Waals surface area contributed by atoms with Crippen LogP contribution in [0, 0.1) is 11.6 Å². The Balaban J connectivity index is 1.40. The number of piperazine rings is 1. The number of benzene rings is 2. The fourth-order valence-corrected chi connectivity index (χ4v) is 5.62. The molecule has 2 aromatic heterocycles. The number of halogens is 2. The Morgan fingerprint density at radius 3 is 2.41 bits per heavy atom. The molecule has 0 bridgehead atoms. The predicted octanol–water partition coefficient (Wildman–Crippen LogP) is 4.02. The summed E-state index contributed by atoms with van der Waals surface area (Å²) in [6.07, 6.45) is 3.72. The molecule has 2 aliphatic rings. The maximum Gasteiger partial charge on any atom is 0.249 e. The number of nitrogens with one attached hydrogen (secondary N) is 1. The number of nitrogens with two attached hydrogens (primary N) is 1. The standard InChI is InChI=1S/C29H31F2N7O/c1-36-8-10-38(11-9-36)19-4-5-20(29(32)39)21(14-19)28-22-15-25(33-16-26(22)34-35-28)27-23(30)12-18(13-24(27)31)17-37-6-2-3-7-37/h4-5,12-16H,2-3,6-11,17H2,1H3,(H2,32,39)(H,34,35). The van der Waals surface area contributed by atoms with Gasteiger partial charge in [0.1, 0.15) is 17.3 Å². The van der Waals surface area contributed by atoms with E-state index in [0.29, 0.717) is 39.8 Å². The van der Waals surface area contributed by atoms with Gasteiger partial charge in [0.2, 0.25) is 5.91 Å². The minimum Gasteiger partial charge on any atom is -0.369 e. The Morgan fingerprint density at radius 1 is 1.00 bits per heavy atom. The molecule has 4 aromatic rings. The quantitative estimate of drug-likeness (QED) is 0.391. The minimum absolute atomic E-state index is 0.156. The van der Waals surface area contributed by atoms with Crippen molar-refractivity contribution in [3.05, 3.63) is 65.4 Å². The van der Waals surface area contributed by atoms with Gasteiger partial charge in [-0.3, -0.25) is 19.8 Å². The van der Waals surface area contributed by atoms with E-state index in [0.717, 1.165) is 57.8 Å². The number of aromatic amines is 1. The van der Waals surface area contributed by atoms with Crippen LogP contribution >= 0.6 is 0 Å². The number of rotatable bonds is 6. The number of primary amides is 1. The number of pyridine rings is 1. The normalized spacial score (nSPS) is 16.8. The zero-order valence-corrected chi connectivity index (χ0v) is 21.9. The van der Waals surface area contributed by atoms with Crippen molar-refractivity contribution >= 4 is 22.5 Å². The molecule has 0 radical (unpaired) electrons. The van der Waals surface area contributed by atoms with Gasteiger partial charge >= 0.3 is 0 Å². The molecule has 6 rings (SSSR count). The molecule has 2 aromatic carbocycles. The second-order valence-corrected chi connectivity index (χ2v) is 10.5. The summed E-state index contributed by atoms with van der Waals surface area (Å²) < 4.78 is 30.6. The highest BCUT2D eigenvalue weighted by Crippen LogP contribution is 2.35. The monoisotopic (exact) mass is 531 g/mol. The van der Waals surface area contributed by atoms with Crippen molar-refractivity contribution in [2.45, 2.75) is 19.4 Å². The van der Waals surface area contributed by atoms with Gasteiger partial charge in [-0.15, -0.1) is 0 Å². The molecular weight excluding hydrogens is 500 g/mol. The number of fused-ring (bicyclic) bond motifs is 1. The van der Waals surface area contributed by atoms with E-state index in [4.69, 9.17) is 5.73 Å². The Morgan fingerprint density at radius 2 is 1.72 bits per heavy atom. The third-order valence-corrected chi connectivity index (χ3v) is 7.80. The van der Waals surface area contributed by atoms with Gasteiger partial charge in [-0.1, -0.05) is 0 Å². The Labute approximate surface area is 225 Å². The molecule has 202 valence electrons. The first-order valence-corrected chi connectivity index (χ1v) is 13.3. The van der Waals surface area contributed by atoms with E-state index in [2.05, 4.69) is 36.9 Å². The Hall–Kier alpha value is -3.89. The molecule has 2 aliphatic heterocycles. The topological polar surface area (TPSA) is 94.4 Å². The lowest BCUT2D eigenvalue weighted by Gasteiger charge is -2.34. The molecule has 2 saturated heterocycles. The van der Waals surface area contributed by atoms with Gasteiger partial charge in [0.05, 0.1) is 23.0 Å². The summed E-state index contributed by atoms with van der Waals surface area (Å²) in [6.45, 7) is 5.97. The number of aromatic nitrogens is 3. The number of carbonyl (C=O) groups excluding carboxylic acids is 1. The number of likely N-dealkylation sites (tertiary alicyclic amines) is 1. The van der Waals surface area contributed by atoms with Crippen LogP contribution in [-0.4, -0.2) is 77.2 Å². The molecule has 0 aliphatic carbocycles. The fraction of sp³-hybridized carbons (Fsp3) is 0.345. The van der Waals surface area contributed by atoms with Crippen LogP contribution < -0.4 is 10.6 Å². The van der Waals surface area contributed by atoms with Gasteiger partial charge in [0, 0.05) is 54.9 Å². The summed E-state index contributed by atoms with van der Waals surface area (Å²) in [5.74, 6) is -1.89. The van der Waals surface area contributed by atoms with Gasteiger partial charge in [-0.05, 0) is 74.9 Å². The summed E-state index contributed by atoms with van der Waals surface area (Å²) in [4.78, 5) is 23.4. The first-order valence-electron chi connectivity index (χ1n) is 13.3. The SMILES string of the molecule is CN1CCN(c2ccc(C(N)=O)c(-c3n[nH]c4cnc(-c5c(F)cc(CN6CCCC6)cc5F)cc34)c2)CC1. The summed E-state index contributed by atoms with van der Waals surface area (Å²) >= 11 is 0. The van der Waals surface area contributed by atoms with Crippen LogP contribution in [0.15, 0.2) is 42.6 Å². The number of carbonyl (C=O) groups is 1. The van der Waals surface area contributed by atoms with Crippen molar-refractivity contribution in [1.29, 1.82) is 0 Å². The Kier molecular flexibility index (Phi) is 6.74. The van der Waals surface area contributed by atoms with Crippen LogP contribution in [0.3, 0.4) is 0 Å². The minimum atomic E-state index is -0.656. The molecule has 39 heavy (non-hydrogen) atoms. The lowest BCUT2D eigenvalue weighted by Crippen LogP contribution is -2.44. The molecule has 0 spiro atoms. The van der Waals surface area contributed by atoms with Crippen LogP contribution in [-0.2, 0) is 6.54 Å². The molecule has 2 fully saturated rings. The molecular formula is C29H31F2N7O. The third kappa shape index (κ3) is 4.97.